The van der Waals surface area contributed by atoms with Crippen LogP contribution in [0.15, 0.2) is 0 Å². The summed E-state index contributed by atoms with van der Waals surface area (Å²) < 4.78 is 0. The maximum Gasteiger partial charge on any atom is 0.320 e. The van der Waals surface area contributed by atoms with Gasteiger partial charge in [-0.2, -0.15) is 0 Å². The van der Waals surface area contributed by atoms with Crippen molar-refractivity contribution in [3.8, 4) is 0 Å². The number of carbonyl (C=O) groups is 2. The maximum absolute atomic E-state index is 12.0. The van der Waals surface area contributed by atoms with Crippen molar-refractivity contribution in [3.63, 3.8) is 0 Å². The van der Waals surface area contributed by atoms with E-state index in [1.54, 1.807) is 0 Å². The summed E-state index contributed by atoms with van der Waals surface area (Å²) in [6.07, 6.45) is 5.20. The molecular weight excluding hydrogens is 232 g/mol. The summed E-state index contributed by atoms with van der Waals surface area (Å²) in [5, 5.41) is 12.0. The zero-order valence-electron chi connectivity index (χ0n) is 10.9. The second-order valence-corrected chi connectivity index (χ2v) is 5.47. The maximum atomic E-state index is 12.0. The summed E-state index contributed by atoms with van der Waals surface area (Å²) in [4.78, 5) is 25.0. The number of nitrogens with zero attached hydrogens (tertiary/aromatic N) is 1. The van der Waals surface area contributed by atoms with Crippen molar-refractivity contribution in [2.75, 3.05) is 13.1 Å². The third-order valence-electron chi connectivity index (χ3n) is 3.96. The van der Waals surface area contributed by atoms with Crippen molar-refractivity contribution in [3.05, 3.63) is 0 Å². The molecule has 0 aromatic rings. The number of hydrogen-bond donors (Lipinski definition) is 2. The zero-order chi connectivity index (χ0) is 13.1. The molecule has 1 heterocycles. The summed E-state index contributed by atoms with van der Waals surface area (Å²) in [6.45, 7) is 3.02. The quantitative estimate of drug-likeness (QED) is 0.763. The molecule has 2 N–H and O–H groups in total. The first-order chi connectivity index (χ1) is 8.59. The van der Waals surface area contributed by atoms with Gasteiger partial charge in [-0.1, -0.05) is 0 Å². The molecule has 0 aromatic heterocycles. The highest BCUT2D eigenvalue weighted by molar-refractivity contribution is 5.80. The standard InChI is InChI=1S/C13H22N2O3/c1-9-4-2-3-7-15(9)11(16)8-14-12(13(17)18)10-5-6-10/h9-10,12,14H,2-8H2,1H3,(H,17,18). The molecule has 1 amide bonds. The molecule has 102 valence electrons. The van der Waals surface area contributed by atoms with Gasteiger partial charge in [0.05, 0.1) is 6.54 Å². The van der Waals surface area contributed by atoms with Crippen LogP contribution in [0.25, 0.3) is 0 Å². The highest BCUT2D eigenvalue weighted by Gasteiger charge is 2.36. The summed E-state index contributed by atoms with van der Waals surface area (Å²) >= 11 is 0. The van der Waals surface area contributed by atoms with Crippen molar-refractivity contribution >= 4 is 11.9 Å². The second kappa shape index (κ2) is 5.69. The predicted octanol–water partition coefficient (Wildman–Crippen LogP) is 0.840. The van der Waals surface area contributed by atoms with E-state index < -0.39 is 12.0 Å². The Balaban J connectivity index is 1.81. The molecule has 0 radical (unpaired) electrons. The van der Waals surface area contributed by atoms with Gasteiger partial charge in [0.2, 0.25) is 5.91 Å². The largest absolute Gasteiger partial charge is 0.480 e. The lowest BCUT2D eigenvalue weighted by Gasteiger charge is -2.33. The van der Waals surface area contributed by atoms with Crippen LogP contribution in [0.1, 0.15) is 39.0 Å². The van der Waals surface area contributed by atoms with Crippen LogP contribution in [0.4, 0.5) is 0 Å². The van der Waals surface area contributed by atoms with Crippen molar-refractivity contribution < 1.29 is 14.7 Å². The molecule has 1 saturated heterocycles. The van der Waals surface area contributed by atoms with Gasteiger partial charge in [0.25, 0.3) is 0 Å². The van der Waals surface area contributed by atoms with E-state index in [-0.39, 0.29) is 24.4 Å². The number of carboxylic acids is 1. The smallest absolute Gasteiger partial charge is 0.320 e. The van der Waals surface area contributed by atoms with Gasteiger partial charge in [0, 0.05) is 12.6 Å². The van der Waals surface area contributed by atoms with Crippen LogP contribution in [-0.2, 0) is 9.59 Å². The third kappa shape index (κ3) is 3.22. The Bertz CT molecular complexity index is 328. The molecule has 1 aliphatic carbocycles. The fourth-order valence-electron chi connectivity index (χ4n) is 2.65. The number of carbonyl (C=O) groups excluding carboxylic acids is 1. The molecule has 5 heteroatoms. The Morgan fingerprint density at radius 2 is 2.06 bits per heavy atom. The molecular formula is C13H22N2O3. The summed E-state index contributed by atoms with van der Waals surface area (Å²) in [6, 6.07) is -0.258. The summed E-state index contributed by atoms with van der Waals surface area (Å²) in [7, 11) is 0. The Kier molecular flexibility index (Phi) is 4.22. The topological polar surface area (TPSA) is 69.6 Å². The molecule has 5 nitrogen and oxygen atoms in total. The average Bonchev–Trinajstić information content (AvgIpc) is 3.13. The fraction of sp³-hybridized carbons (Fsp3) is 0.846. The van der Waals surface area contributed by atoms with Crippen LogP contribution in [0.5, 0.6) is 0 Å². The van der Waals surface area contributed by atoms with E-state index in [0.29, 0.717) is 0 Å². The molecule has 2 rings (SSSR count). The molecule has 2 aliphatic rings. The predicted molar refractivity (Wildman–Crippen MR) is 67.2 cm³/mol. The van der Waals surface area contributed by atoms with Crippen LogP contribution in [0.2, 0.25) is 0 Å². The average molecular weight is 254 g/mol. The molecule has 2 fully saturated rings. The van der Waals surface area contributed by atoms with Gasteiger partial charge in [-0.25, -0.2) is 0 Å². The Morgan fingerprint density at radius 3 is 2.61 bits per heavy atom. The van der Waals surface area contributed by atoms with Gasteiger partial charge < -0.3 is 10.0 Å². The van der Waals surface area contributed by atoms with Gasteiger partial charge in [0.15, 0.2) is 0 Å². The van der Waals surface area contributed by atoms with Crippen molar-refractivity contribution in [1.82, 2.24) is 10.2 Å². The Labute approximate surface area is 108 Å². The number of carboxylic acid groups (broad SMARTS) is 1. The number of hydrogen-bond acceptors (Lipinski definition) is 3. The van der Waals surface area contributed by atoms with E-state index in [1.807, 2.05) is 4.90 Å². The number of nitrogens with one attached hydrogen (secondary N) is 1. The first kappa shape index (κ1) is 13.3. The highest BCUT2D eigenvalue weighted by atomic mass is 16.4. The van der Waals surface area contributed by atoms with Gasteiger partial charge >= 0.3 is 5.97 Å². The lowest BCUT2D eigenvalue weighted by atomic mass is 10.0. The molecule has 0 spiro atoms. The Hall–Kier alpha value is -1.10. The number of aliphatic carboxylic acids is 1. The summed E-state index contributed by atoms with van der Waals surface area (Å²) in [5.74, 6) is -0.583. The minimum atomic E-state index is -0.836. The van der Waals surface area contributed by atoms with E-state index >= 15 is 0 Å². The number of amides is 1. The number of piperidine rings is 1. The SMILES string of the molecule is CC1CCCCN1C(=O)CNC(C(=O)O)C1CC1. The monoisotopic (exact) mass is 254 g/mol. The lowest BCUT2D eigenvalue weighted by Crippen LogP contribution is -2.49. The van der Waals surface area contributed by atoms with E-state index in [4.69, 9.17) is 5.11 Å². The van der Waals surface area contributed by atoms with Crippen molar-refractivity contribution in [2.45, 2.75) is 51.1 Å². The van der Waals surface area contributed by atoms with Gasteiger partial charge in [-0.3, -0.25) is 14.9 Å². The van der Waals surface area contributed by atoms with Crippen LogP contribution >= 0.6 is 0 Å². The van der Waals surface area contributed by atoms with E-state index in [2.05, 4.69) is 12.2 Å². The normalized spacial score (nSPS) is 25.8. The molecule has 2 unspecified atom stereocenters. The van der Waals surface area contributed by atoms with Gasteiger partial charge in [-0.05, 0) is 44.9 Å². The molecule has 2 atom stereocenters. The zero-order valence-corrected chi connectivity index (χ0v) is 10.9. The van der Waals surface area contributed by atoms with Crippen LogP contribution < -0.4 is 5.32 Å². The lowest BCUT2D eigenvalue weighted by molar-refractivity contribution is -0.140. The van der Waals surface area contributed by atoms with E-state index in [0.717, 1.165) is 32.2 Å². The van der Waals surface area contributed by atoms with E-state index in [1.165, 1.54) is 6.42 Å². The Morgan fingerprint density at radius 1 is 1.33 bits per heavy atom. The first-order valence-corrected chi connectivity index (χ1v) is 6.85. The first-order valence-electron chi connectivity index (χ1n) is 6.85. The second-order valence-electron chi connectivity index (χ2n) is 5.47. The third-order valence-corrected chi connectivity index (χ3v) is 3.96. The molecule has 1 saturated carbocycles. The molecule has 0 bridgehead atoms. The van der Waals surface area contributed by atoms with Gasteiger partial charge in [-0.15, -0.1) is 0 Å². The minimum Gasteiger partial charge on any atom is -0.480 e. The molecule has 0 aromatic carbocycles. The fourth-order valence-corrected chi connectivity index (χ4v) is 2.65. The molecule has 18 heavy (non-hydrogen) atoms. The van der Waals surface area contributed by atoms with E-state index in [9.17, 15) is 9.59 Å². The van der Waals surface area contributed by atoms with Crippen LogP contribution in [0, 0.1) is 5.92 Å². The highest BCUT2D eigenvalue weighted by Crippen LogP contribution is 2.32. The van der Waals surface area contributed by atoms with Crippen molar-refractivity contribution in [1.29, 1.82) is 0 Å². The number of likely N-dealkylation sites (tertiary alicyclic amines) is 1. The van der Waals surface area contributed by atoms with Crippen LogP contribution in [0.3, 0.4) is 0 Å². The molecule has 1 aliphatic heterocycles. The van der Waals surface area contributed by atoms with Gasteiger partial charge in [0.1, 0.15) is 6.04 Å². The van der Waals surface area contributed by atoms with Crippen molar-refractivity contribution in [2.24, 2.45) is 5.92 Å². The number of rotatable bonds is 5. The minimum absolute atomic E-state index is 0.0362. The summed E-state index contributed by atoms with van der Waals surface area (Å²) in [5.41, 5.74) is 0. The van der Waals surface area contributed by atoms with Crippen LogP contribution in [-0.4, -0.2) is 47.1 Å².